The van der Waals surface area contributed by atoms with Gasteiger partial charge in [-0.25, -0.2) is 0 Å². The summed E-state index contributed by atoms with van der Waals surface area (Å²) in [6.07, 6.45) is 6.15. The molecule has 0 bridgehead atoms. The van der Waals surface area contributed by atoms with Gasteiger partial charge in [0, 0.05) is 6.54 Å². The van der Waals surface area contributed by atoms with Crippen LogP contribution in [0.5, 0.6) is 0 Å². The molecule has 0 aromatic carbocycles. The van der Waals surface area contributed by atoms with Crippen molar-refractivity contribution in [2.45, 2.75) is 51.6 Å². The summed E-state index contributed by atoms with van der Waals surface area (Å²) in [5.41, 5.74) is 5.02. The summed E-state index contributed by atoms with van der Waals surface area (Å²) < 4.78 is 0. The Bertz CT molecular complexity index is 152. The lowest BCUT2D eigenvalue weighted by atomic mass is 9.81. The molecule has 2 heteroatoms. The average molecular weight is 185 g/mol. The normalized spacial score (nSPS) is 23.8. The molecule has 1 aliphatic rings. The van der Waals surface area contributed by atoms with E-state index in [0.29, 0.717) is 6.54 Å². The van der Waals surface area contributed by atoms with Gasteiger partial charge in [0.05, 0.1) is 5.60 Å². The maximum atomic E-state index is 10.2. The minimum Gasteiger partial charge on any atom is -0.388 e. The third-order valence-electron chi connectivity index (χ3n) is 3.55. The van der Waals surface area contributed by atoms with E-state index in [2.05, 4.69) is 13.8 Å². The van der Waals surface area contributed by atoms with Crippen LogP contribution in [0, 0.1) is 11.8 Å². The van der Waals surface area contributed by atoms with Gasteiger partial charge < -0.3 is 10.8 Å². The molecule has 13 heavy (non-hydrogen) atoms. The highest BCUT2D eigenvalue weighted by atomic mass is 16.3. The smallest absolute Gasteiger partial charge is 0.0794 e. The molecule has 2 nitrogen and oxygen atoms in total. The number of rotatable bonds is 4. The molecule has 0 aliphatic heterocycles. The van der Waals surface area contributed by atoms with Gasteiger partial charge in [0.25, 0.3) is 0 Å². The first-order chi connectivity index (χ1) is 6.08. The second-order valence-corrected chi connectivity index (χ2v) is 4.82. The van der Waals surface area contributed by atoms with Crippen LogP contribution in [-0.4, -0.2) is 17.3 Å². The second kappa shape index (κ2) is 4.43. The van der Waals surface area contributed by atoms with E-state index in [4.69, 9.17) is 5.73 Å². The summed E-state index contributed by atoms with van der Waals surface area (Å²) in [6, 6.07) is 0. The molecule has 1 atom stereocenters. The van der Waals surface area contributed by atoms with Crippen LogP contribution in [0.1, 0.15) is 46.0 Å². The Balaban J connectivity index is 2.46. The van der Waals surface area contributed by atoms with Crippen molar-refractivity contribution in [3.05, 3.63) is 0 Å². The highest BCUT2D eigenvalue weighted by Crippen LogP contribution is 2.34. The van der Waals surface area contributed by atoms with Crippen molar-refractivity contribution in [3.8, 4) is 0 Å². The molecule has 78 valence electrons. The van der Waals surface area contributed by atoms with Gasteiger partial charge in [0.1, 0.15) is 0 Å². The van der Waals surface area contributed by atoms with Crippen LogP contribution in [0.25, 0.3) is 0 Å². The fraction of sp³-hybridized carbons (Fsp3) is 1.00. The molecule has 0 saturated heterocycles. The monoisotopic (exact) mass is 185 g/mol. The van der Waals surface area contributed by atoms with E-state index in [-0.39, 0.29) is 5.92 Å². The van der Waals surface area contributed by atoms with Gasteiger partial charge in [0.2, 0.25) is 0 Å². The minimum atomic E-state index is -0.616. The van der Waals surface area contributed by atoms with E-state index in [1.54, 1.807) is 0 Å². The molecule has 1 aliphatic carbocycles. The molecular weight excluding hydrogens is 162 g/mol. The Hall–Kier alpha value is -0.0800. The summed E-state index contributed by atoms with van der Waals surface area (Å²) in [5, 5.41) is 10.2. The molecular formula is C11H23NO. The SMILES string of the molecule is CC(C)C(O)(CN)CC1CCCC1. The van der Waals surface area contributed by atoms with Crippen LogP contribution in [0.4, 0.5) is 0 Å². The Morgan fingerprint density at radius 3 is 2.31 bits per heavy atom. The van der Waals surface area contributed by atoms with Crippen molar-refractivity contribution < 1.29 is 5.11 Å². The largest absolute Gasteiger partial charge is 0.388 e. The summed E-state index contributed by atoms with van der Waals surface area (Å²) in [4.78, 5) is 0. The van der Waals surface area contributed by atoms with Crippen molar-refractivity contribution >= 4 is 0 Å². The molecule has 1 fully saturated rings. The molecule has 0 radical (unpaired) electrons. The van der Waals surface area contributed by atoms with Crippen LogP contribution in [0.2, 0.25) is 0 Å². The molecule has 0 aromatic heterocycles. The third kappa shape index (κ3) is 2.68. The maximum absolute atomic E-state index is 10.2. The van der Waals surface area contributed by atoms with E-state index in [9.17, 15) is 5.11 Å². The maximum Gasteiger partial charge on any atom is 0.0794 e. The number of hydrogen-bond acceptors (Lipinski definition) is 2. The minimum absolute atomic E-state index is 0.276. The second-order valence-electron chi connectivity index (χ2n) is 4.82. The molecule has 0 amide bonds. The van der Waals surface area contributed by atoms with Crippen LogP contribution >= 0.6 is 0 Å². The van der Waals surface area contributed by atoms with E-state index >= 15 is 0 Å². The highest BCUT2D eigenvalue weighted by Gasteiger charge is 2.33. The molecule has 1 unspecified atom stereocenters. The molecule has 1 saturated carbocycles. The summed E-state index contributed by atoms with van der Waals surface area (Å²) >= 11 is 0. The number of aliphatic hydroxyl groups is 1. The zero-order valence-electron chi connectivity index (χ0n) is 8.92. The molecule has 3 N–H and O–H groups in total. The zero-order chi connectivity index (χ0) is 9.90. The first kappa shape index (κ1) is 11.0. The number of hydrogen-bond donors (Lipinski definition) is 2. The lowest BCUT2D eigenvalue weighted by Crippen LogP contribution is -2.44. The Labute approximate surface area is 81.5 Å². The first-order valence-corrected chi connectivity index (χ1v) is 5.51. The third-order valence-corrected chi connectivity index (χ3v) is 3.55. The summed E-state index contributed by atoms with van der Waals surface area (Å²) in [7, 11) is 0. The first-order valence-electron chi connectivity index (χ1n) is 5.51. The predicted octanol–water partition coefficient (Wildman–Crippen LogP) is 1.91. The van der Waals surface area contributed by atoms with Crippen LogP contribution in [0.15, 0.2) is 0 Å². The topological polar surface area (TPSA) is 46.2 Å². The van der Waals surface area contributed by atoms with Crippen LogP contribution < -0.4 is 5.73 Å². The van der Waals surface area contributed by atoms with Gasteiger partial charge in [-0.2, -0.15) is 0 Å². The summed E-state index contributed by atoms with van der Waals surface area (Å²) in [6.45, 7) is 4.52. The molecule has 1 rings (SSSR count). The fourth-order valence-electron chi connectivity index (χ4n) is 2.27. The van der Waals surface area contributed by atoms with Gasteiger partial charge in [-0.05, 0) is 18.3 Å². The molecule has 0 spiro atoms. The zero-order valence-corrected chi connectivity index (χ0v) is 8.92. The van der Waals surface area contributed by atoms with E-state index in [1.807, 2.05) is 0 Å². The van der Waals surface area contributed by atoms with Gasteiger partial charge in [-0.1, -0.05) is 39.5 Å². The van der Waals surface area contributed by atoms with Crippen molar-refractivity contribution in [2.75, 3.05) is 6.54 Å². The number of nitrogens with two attached hydrogens (primary N) is 1. The Morgan fingerprint density at radius 2 is 1.92 bits per heavy atom. The standard InChI is InChI=1S/C11H23NO/c1-9(2)11(13,8-12)7-10-5-3-4-6-10/h9-10,13H,3-8,12H2,1-2H3. The quantitative estimate of drug-likeness (QED) is 0.703. The highest BCUT2D eigenvalue weighted by molar-refractivity contribution is 4.86. The lowest BCUT2D eigenvalue weighted by Gasteiger charge is -2.33. The van der Waals surface area contributed by atoms with Gasteiger partial charge >= 0.3 is 0 Å². The fourth-order valence-corrected chi connectivity index (χ4v) is 2.27. The van der Waals surface area contributed by atoms with Crippen molar-refractivity contribution in [1.82, 2.24) is 0 Å². The van der Waals surface area contributed by atoms with E-state index < -0.39 is 5.60 Å². The van der Waals surface area contributed by atoms with Gasteiger partial charge in [-0.15, -0.1) is 0 Å². The molecule has 0 heterocycles. The predicted molar refractivity (Wildman–Crippen MR) is 55.4 cm³/mol. The van der Waals surface area contributed by atoms with E-state index in [0.717, 1.165) is 12.3 Å². The van der Waals surface area contributed by atoms with Crippen molar-refractivity contribution in [1.29, 1.82) is 0 Å². The van der Waals surface area contributed by atoms with Crippen LogP contribution in [-0.2, 0) is 0 Å². The Morgan fingerprint density at radius 1 is 1.38 bits per heavy atom. The Kier molecular flexibility index (Phi) is 3.74. The average Bonchev–Trinajstić information content (AvgIpc) is 2.56. The van der Waals surface area contributed by atoms with Crippen LogP contribution in [0.3, 0.4) is 0 Å². The van der Waals surface area contributed by atoms with E-state index in [1.165, 1.54) is 25.7 Å². The lowest BCUT2D eigenvalue weighted by molar-refractivity contribution is -0.0177. The summed E-state index contributed by atoms with van der Waals surface area (Å²) in [5.74, 6) is 0.994. The van der Waals surface area contributed by atoms with Crippen molar-refractivity contribution in [2.24, 2.45) is 17.6 Å². The van der Waals surface area contributed by atoms with Crippen molar-refractivity contribution in [3.63, 3.8) is 0 Å². The van der Waals surface area contributed by atoms with Gasteiger partial charge in [-0.3, -0.25) is 0 Å². The molecule has 0 aromatic rings. The van der Waals surface area contributed by atoms with Gasteiger partial charge in [0.15, 0.2) is 0 Å².